The van der Waals surface area contributed by atoms with Crippen molar-refractivity contribution in [2.24, 2.45) is 0 Å². The van der Waals surface area contributed by atoms with Gasteiger partial charge in [-0.15, -0.1) is 0 Å². The highest BCUT2D eigenvalue weighted by molar-refractivity contribution is 6.31. The molecule has 0 bridgehead atoms. The molecule has 0 heterocycles. The lowest BCUT2D eigenvalue weighted by molar-refractivity contribution is -0.207. The van der Waals surface area contributed by atoms with Gasteiger partial charge in [-0.05, 0) is 12.1 Å². The molecule has 0 aliphatic carbocycles. The monoisotopic (exact) mass is 226 g/mol. The van der Waals surface area contributed by atoms with E-state index >= 15 is 0 Å². The molecule has 1 atom stereocenters. The normalized spacial score (nSPS) is 14.1. The predicted molar refractivity (Wildman–Crippen MR) is 44.1 cm³/mol. The van der Waals surface area contributed by atoms with Crippen molar-refractivity contribution in [3.63, 3.8) is 0 Å². The fourth-order valence-electron chi connectivity index (χ4n) is 0.960. The fourth-order valence-corrected chi connectivity index (χ4v) is 1.23. The highest BCUT2D eigenvalue weighted by Crippen LogP contribution is 2.40. The maximum absolute atomic E-state index is 12.1. The van der Waals surface area contributed by atoms with Crippen LogP contribution in [0.25, 0.3) is 0 Å². The first-order valence-corrected chi connectivity index (χ1v) is 3.94. The number of aliphatic hydroxyl groups is 1. The second-order valence-corrected chi connectivity index (χ2v) is 3.02. The Morgan fingerprint density at radius 3 is 2.29 bits per heavy atom. The Labute approximate surface area is 82.5 Å². The summed E-state index contributed by atoms with van der Waals surface area (Å²) in [5.74, 6) is -0.678. The lowest BCUT2D eigenvalue weighted by atomic mass is 10.1. The maximum atomic E-state index is 12.1. The summed E-state index contributed by atoms with van der Waals surface area (Å²) in [7, 11) is 0. The van der Waals surface area contributed by atoms with Crippen LogP contribution < -0.4 is 0 Å². The number of aliphatic hydroxyl groups excluding tert-OH is 1. The van der Waals surface area contributed by atoms with Gasteiger partial charge in [0.15, 0.2) is 6.10 Å². The Morgan fingerprint density at radius 2 is 1.86 bits per heavy atom. The van der Waals surface area contributed by atoms with E-state index in [2.05, 4.69) is 0 Å². The van der Waals surface area contributed by atoms with E-state index in [1.165, 1.54) is 6.07 Å². The third-order valence-corrected chi connectivity index (χ3v) is 1.94. The minimum atomic E-state index is -4.84. The smallest absolute Gasteiger partial charge is 0.418 e. The maximum Gasteiger partial charge on any atom is 0.418 e. The minimum absolute atomic E-state index is 0.324. The van der Waals surface area contributed by atoms with Gasteiger partial charge >= 0.3 is 6.18 Å². The molecule has 1 rings (SSSR count). The summed E-state index contributed by atoms with van der Waals surface area (Å²) in [6, 6.07) is 3.46. The molecule has 1 aromatic carbocycles. The van der Waals surface area contributed by atoms with Gasteiger partial charge in [0.1, 0.15) is 5.75 Å². The number of phenols is 1. The first kappa shape index (κ1) is 11.1. The van der Waals surface area contributed by atoms with Gasteiger partial charge in [-0.3, -0.25) is 0 Å². The summed E-state index contributed by atoms with van der Waals surface area (Å²) < 4.78 is 36.2. The van der Waals surface area contributed by atoms with Gasteiger partial charge in [0.2, 0.25) is 0 Å². The summed E-state index contributed by atoms with van der Waals surface area (Å²) in [6.07, 6.45) is -7.61. The SMILES string of the molecule is Oc1cccc(Cl)c1[C@@H](O)C(F)(F)F. The number of hydrogen-bond acceptors (Lipinski definition) is 2. The van der Waals surface area contributed by atoms with Crippen LogP contribution in [0.5, 0.6) is 5.75 Å². The third kappa shape index (κ3) is 2.10. The fraction of sp³-hybridized carbons (Fsp3) is 0.250. The summed E-state index contributed by atoms with van der Waals surface area (Å²) in [5.41, 5.74) is -0.721. The molecule has 0 fully saturated rings. The van der Waals surface area contributed by atoms with Crippen LogP contribution in [-0.2, 0) is 0 Å². The Bertz CT molecular complexity index is 318. The molecule has 0 saturated carbocycles. The number of hydrogen-bond donors (Lipinski definition) is 2. The molecule has 14 heavy (non-hydrogen) atoms. The number of benzene rings is 1. The van der Waals surface area contributed by atoms with E-state index in [1.54, 1.807) is 0 Å². The lowest BCUT2D eigenvalue weighted by Crippen LogP contribution is -2.20. The summed E-state index contributed by atoms with van der Waals surface area (Å²) in [6.45, 7) is 0. The molecule has 0 amide bonds. The Balaban J connectivity index is 3.19. The zero-order valence-corrected chi connectivity index (χ0v) is 7.47. The van der Waals surface area contributed by atoms with Crippen LogP contribution >= 0.6 is 11.6 Å². The van der Waals surface area contributed by atoms with Gasteiger partial charge in [-0.1, -0.05) is 17.7 Å². The van der Waals surface area contributed by atoms with E-state index in [-0.39, 0.29) is 5.02 Å². The van der Waals surface area contributed by atoms with Gasteiger partial charge in [-0.2, -0.15) is 13.2 Å². The molecule has 6 heteroatoms. The van der Waals surface area contributed by atoms with Crippen molar-refractivity contribution < 1.29 is 23.4 Å². The van der Waals surface area contributed by atoms with E-state index in [0.29, 0.717) is 0 Å². The van der Waals surface area contributed by atoms with Crippen molar-refractivity contribution >= 4 is 11.6 Å². The highest BCUT2D eigenvalue weighted by atomic mass is 35.5. The van der Waals surface area contributed by atoms with E-state index in [0.717, 1.165) is 12.1 Å². The third-order valence-electron chi connectivity index (χ3n) is 1.61. The largest absolute Gasteiger partial charge is 0.508 e. The quantitative estimate of drug-likeness (QED) is 0.773. The van der Waals surface area contributed by atoms with E-state index in [4.69, 9.17) is 21.8 Å². The first-order chi connectivity index (χ1) is 6.34. The number of phenolic OH excluding ortho intramolecular Hbond substituents is 1. The summed E-state index contributed by atoms with van der Waals surface area (Å²) in [5, 5.41) is 17.6. The number of alkyl halides is 3. The van der Waals surface area contributed by atoms with Gasteiger partial charge in [-0.25, -0.2) is 0 Å². The van der Waals surface area contributed by atoms with E-state index < -0.39 is 23.6 Å². The van der Waals surface area contributed by atoms with Gasteiger partial charge < -0.3 is 10.2 Å². The van der Waals surface area contributed by atoms with Crippen molar-refractivity contribution in [2.75, 3.05) is 0 Å². The van der Waals surface area contributed by atoms with Crippen LogP contribution in [0.4, 0.5) is 13.2 Å². The molecule has 0 aromatic heterocycles. The molecular formula is C8H6ClF3O2. The van der Waals surface area contributed by atoms with Crippen molar-refractivity contribution in [3.8, 4) is 5.75 Å². The van der Waals surface area contributed by atoms with Crippen LogP contribution in [0.2, 0.25) is 5.02 Å². The van der Waals surface area contributed by atoms with Crippen molar-refractivity contribution in [3.05, 3.63) is 28.8 Å². The lowest BCUT2D eigenvalue weighted by Gasteiger charge is -2.16. The van der Waals surface area contributed by atoms with Crippen LogP contribution in [0.1, 0.15) is 11.7 Å². The van der Waals surface area contributed by atoms with E-state index in [9.17, 15) is 13.2 Å². The minimum Gasteiger partial charge on any atom is -0.508 e. The number of rotatable bonds is 1. The van der Waals surface area contributed by atoms with Crippen LogP contribution in [0.15, 0.2) is 18.2 Å². The van der Waals surface area contributed by atoms with Gasteiger partial charge in [0.25, 0.3) is 0 Å². The summed E-state index contributed by atoms with van der Waals surface area (Å²) in [4.78, 5) is 0. The van der Waals surface area contributed by atoms with Crippen LogP contribution in [0.3, 0.4) is 0 Å². The second-order valence-electron chi connectivity index (χ2n) is 2.62. The molecule has 0 unspecified atom stereocenters. The Kier molecular flexibility index (Phi) is 2.92. The molecule has 0 spiro atoms. The molecule has 2 N–H and O–H groups in total. The first-order valence-electron chi connectivity index (χ1n) is 3.56. The van der Waals surface area contributed by atoms with Crippen molar-refractivity contribution in [1.82, 2.24) is 0 Å². The predicted octanol–water partition coefficient (Wildman–Crippen LogP) is 2.64. The van der Waals surface area contributed by atoms with E-state index in [1.807, 2.05) is 0 Å². The summed E-state index contributed by atoms with van der Waals surface area (Å²) >= 11 is 5.41. The average Bonchev–Trinajstić information content (AvgIpc) is 2.01. The molecule has 78 valence electrons. The van der Waals surface area contributed by atoms with Crippen LogP contribution in [-0.4, -0.2) is 16.4 Å². The molecule has 1 aromatic rings. The van der Waals surface area contributed by atoms with Crippen molar-refractivity contribution in [1.29, 1.82) is 0 Å². The second kappa shape index (κ2) is 3.67. The Morgan fingerprint density at radius 1 is 1.29 bits per heavy atom. The molecule has 0 aliphatic rings. The standard InChI is InChI=1S/C8H6ClF3O2/c9-4-2-1-3-5(13)6(4)7(14)8(10,11)12/h1-3,7,13-14H/t7-/m1/s1. The number of halogens is 4. The molecule has 0 saturated heterocycles. The number of aromatic hydroxyl groups is 1. The van der Waals surface area contributed by atoms with Crippen molar-refractivity contribution in [2.45, 2.75) is 12.3 Å². The van der Waals surface area contributed by atoms with Gasteiger partial charge in [0, 0.05) is 0 Å². The molecular weight excluding hydrogens is 221 g/mol. The Hall–Kier alpha value is -0.940. The van der Waals surface area contributed by atoms with Gasteiger partial charge in [0.05, 0.1) is 10.6 Å². The molecule has 2 nitrogen and oxygen atoms in total. The van der Waals surface area contributed by atoms with Crippen LogP contribution in [0, 0.1) is 0 Å². The zero-order valence-electron chi connectivity index (χ0n) is 6.72. The molecule has 0 radical (unpaired) electrons. The molecule has 0 aliphatic heterocycles. The zero-order chi connectivity index (χ0) is 10.9. The highest BCUT2D eigenvalue weighted by Gasteiger charge is 2.41. The average molecular weight is 227 g/mol. The topological polar surface area (TPSA) is 40.5 Å².